The monoisotopic (exact) mass is 296 g/mol. The molecule has 0 spiro atoms. The average Bonchev–Trinajstić information content (AvgIpc) is 2.48. The van der Waals surface area contributed by atoms with Gasteiger partial charge in [-0.3, -0.25) is 9.78 Å². The number of aromatic nitrogens is 1. The van der Waals surface area contributed by atoms with Crippen molar-refractivity contribution >= 4 is 34.1 Å². The number of benzene rings is 2. The minimum atomic E-state index is -0.239. The van der Waals surface area contributed by atoms with Gasteiger partial charge in [0.2, 0.25) is 0 Å². The molecule has 1 N–H and O–H groups in total. The number of carbonyl (C=O) groups is 1. The van der Waals surface area contributed by atoms with Gasteiger partial charge in [0.05, 0.1) is 21.8 Å². The topological polar surface area (TPSA) is 42.0 Å². The van der Waals surface area contributed by atoms with Crippen molar-refractivity contribution in [2.75, 3.05) is 5.32 Å². The molecule has 0 aliphatic carbocycles. The highest BCUT2D eigenvalue weighted by Gasteiger charge is 2.11. The van der Waals surface area contributed by atoms with Crippen molar-refractivity contribution in [3.63, 3.8) is 0 Å². The largest absolute Gasteiger partial charge is 0.320 e. The van der Waals surface area contributed by atoms with Crippen LogP contribution in [-0.4, -0.2) is 10.9 Å². The Kier molecular flexibility index (Phi) is 3.59. The number of amides is 1. The Morgan fingerprint density at radius 1 is 1.05 bits per heavy atom. The van der Waals surface area contributed by atoms with Crippen molar-refractivity contribution in [2.24, 2.45) is 0 Å². The molecule has 1 heterocycles. The van der Waals surface area contributed by atoms with Crippen LogP contribution in [0.1, 0.15) is 16.1 Å². The van der Waals surface area contributed by atoms with Crippen molar-refractivity contribution in [3.05, 3.63) is 70.9 Å². The Labute approximate surface area is 127 Å². The summed E-state index contributed by atoms with van der Waals surface area (Å²) in [4.78, 5) is 16.8. The molecule has 21 heavy (non-hydrogen) atoms. The van der Waals surface area contributed by atoms with Crippen LogP contribution in [0.15, 0.2) is 54.6 Å². The molecule has 0 fully saturated rings. The van der Waals surface area contributed by atoms with Gasteiger partial charge in [0.1, 0.15) is 0 Å². The Hall–Kier alpha value is -2.39. The van der Waals surface area contributed by atoms with E-state index in [0.717, 1.165) is 16.6 Å². The smallest absolute Gasteiger partial charge is 0.257 e. The third kappa shape index (κ3) is 2.73. The van der Waals surface area contributed by atoms with Crippen molar-refractivity contribution in [1.29, 1.82) is 0 Å². The summed E-state index contributed by atoms with van der Waals surface area (Å²) in [6.07, 6.45) is 0. The van der Waals surface area contributed by atoms with Crippen LogP contribution in [0.5, 0.6) is 0 Å². The van der Waals surface area contributed by atoms with Crippen LogP contribution < -0.4 is 5.32 Å². The van der Waals surface area contributed by atoms with Gasteiger partial charge < -0.3 is 5.32 Å². The zero-order valence-corrected chi connectivity index (χ0v) is 12.2. The number of hydrogen-bond acceptors (Lipinski definition) is 2. The zero-order valence-electron chi connectivity index (χ0n) is 11.4. The van der Waals surface area contributed by atoms with Gasteiger partial charge in [-0.25, -0.2) is 0 Å². The molecule has 0 aliphatic heterocycles. The molecular formula is C17H13ClN2O. The van der Waals surface area contributed by atoms with E-state index in [1.807, 2.05) is 37.3 Å². The molecule has 0 radical (unpaired) electrons. The number of nitrogens with zero attached hydrogens (tertiary/aromatic N) is 1. The van der Waals surface area contributed by atoms with Crippen LogP contribution in [0, 0.1) is 6.92 Å². The maximum Gasteiger partial charge on any atom is 0.257 e. The number of nitrogens with one attached hydrogen (secondary N) is 1. The third-order valence-electron chi connectivity index (χ3n) is 3.23. The number of para-hydroxylation sites is 1. The molecule has 3 aromatic rings. The Bertz CT molecular complexity index is 830. The highest BCUT2D eigenvalue weighted by molar-refractivity contribution is 6.34. The van der Waals surface area contributed by atoms with Crippen molar-refractivity contribution < 1.29 is 4.79 Å². The molecule has 3 nitrogen and oxygen atoms in total. The molecular weight excluding hydrogens is 284 g/mol. The lowest BCUT2D eigenvalue weighted by molar-refractivity contribution is 0.102. The first-order valence-electron chi connectivity index (χ1n) is 6.57. The van der Waals surface area contributed by atoms with Gasteiger partial charge in [0.25, 0.3) is 5.91 Å². The highest BCUT2D eigenvalue weighted by atomic mass is 35.5. The second-order valence-electron chi connectivity index (χ2n) is 4.76. The minimum Gasteiger partial charge on any atom is -0.320 e. The van der Waals surface area contributed by atoms with E-state index in [4.69, 9.17) is 11.6 Å². The molecule has 104 valence electrons. The summed E-state index contributed by atoms with van der Waals surface area (Å²) in [5.74, 6) is -0.239. The van der Waals surface area contributed by atoms with Gasteiger partial charge in [-0.15, -0.1) is 0 Å². The standard InChI is InChI=1S/C17H13ClN2O/c1-11-9-10-12-5-4-8-15(16(12)19-11)20-17(21)13-6-2-3-7-14(13)18/h2-10H,1H3,(H,20,21). The van der Waals surface area contributed by atoms with Gasteiger partial charge in [0.15, 0.2) is 0 Å². The number of pyridine rings is 1. The first kappa shape index (κ1) is 13.6. The number of rotatable bonds is 2. The predicted molar refractivity (Wildman–Crippen MR) is 85.9 cm³/mol. The number of hydrogen-bond donors (Lipinski definition) is 1. The lowest BCUT2D eigenvalue weighted by Gasteiger charge is -2.09. The SMILES string of the molecule is Cc1ccc2cccc(NC(=O)c3ccccc3Cl)c2n1. The lowest BCUT2D eigenvalue weighted by Crippen LogP contribution is -2.13. The Morgan fingerprint density at radius 3 is 2.67 bits per heavy atom. The number of aryl methyl sites for hydroxylation is 1. The first-order chi connectivity index (χ1) is 10.1. The molecule has 0 saturated heterocycles. The predicted octanol–water partition coefficient (Wildman–Crippen LogP) is 4.45. The summed E-state index contributed by atoms with van der Waals surface area (Å²) >= 11 is 6.05. The summed E-state index contributed by atoms with van der Waals surface area (Å²) in [7, 11) is 0. The van der Waals surface area contributed by atoms with Crippen LogP contribution in [0.4, 0.5) is 5.69 Å². The Balaban J connectivity index is 2.00. The van der Waals surface area contributed by atoms with Crippen molar-refractivity contribution in [1.82, 2.24) is 4.98 Å². The summed E-state index contributed by atoms with van der Waals surface area (Å²) < 4.78 is 0. The fraction of sp³-hybridized carbons (Fsp3) is 0.0588. The van der Waals surface area contributed by atoms with Gasteiger partial charge in [-0.1, -0.05) is 41.9 Å². The number of carbonyl (C=O) groups excluding carboxylic acids is 1. The lowest BCUT2D eigenvalue weighted by atomic mass is 10.1. The molecule has 2 aromatic carbocycles. The fourth-order valence-electron chi connectivity index (χ4n) is 2.18. The molecule has 0 aliphatic rings. The quantitative estimate of drug-likeness (QED) is 0.759. The van der Waals surface area contributed by atoms with Crippen molar-refractivity contribution in [2.45, 2.75) is 6.92 Å². The van der Waals surface area contributed by atoms with E-state index in [1.165, 1.54) is 0 Å². The van der Waals surface area contributed by atoms with Gasteiger partial charge in [0, 0.05) is 11.1 Å². The summed E-state index contributed by atoms with van der Waals surface area (Å²) in [5.41, 5.74) is 2.81. The molecule has 0 bridgehead atoms. The molecule has 0 unspecified atom stereocenters. The van der Waals surface area contributed by atoms with Crippen LogP contribution >= 0.6 is 11.6 Å². The minimum absolute atomic E-state index is 0.239. The van der Waals surface area contributed by atoms with Crippen molar-refractivity contribution in [3.8, 4) is 0 Å². The van der Waals surface area contributed by atoms with E-state index < -0.39 is 0 Å². The number of halogens is 1. The van der Waals surface area contributed by atoms with Crippen LogP contribution in [0.2, 0.25) is 5.02 Å². The molecule has 1 aromatic heterocycles. The van der Waals surface area contributed by atoms with E-state index in [-0.39, 0.29) is 5.91 Å². The van der Waals surface area contributed by atoms with E-state index in [1.54, 1.807) is 24.3 Å². The normalized spacial score (nSPS) is 10.6. The fourth-order valence-corrected chi connectivity index (χ4v) is 2.40. The molecule has 3 rings (SSSR count). The maximum absolute atomic E-state index is 12.3. The third-order valence-corrected chi connectivity index (χ3v) is 3.56. The van der Waals surface area contributed by atoms with E-state index >= 15 is 0 Å². The van der Waals surface area contributed by atoms with Crippen LogP contribution in [0.25, 0.3) is 10.9 Å². The molecule has 1 amide bonds. The summed E-state index contributed by atoms with van der Waals surface area (Å²) in [6.45, 7) is 1.92. The maximum atomic E-state index is 12.3. The summed E-state index contributed by atoms with van der Waals surface area (Å²) in [5, 5.41) is 4.30. The highest BCUT2D eigenvalue weighted by Crippen LogP contribution is 2.23. The first-order valence-corrected chi connectivity index (χ1v) is 6.95. The molecule has 4 heteroatoms. The molecule has 0 atom stereocenters. The van der Waals surface area contributed by atoms with Crippen LogP contribution in [-0.2, 0) is 0 Å². The number of fused-ring (bicyclic) bond motifs is 1. The number of anilines is 1. The molecule has 0 saturated carbocycles. The van der Waals surface area contributed by atoms with E-state index in [2.05, 4.69) is 10.3 Å². The van der Waals surface area contributed by atoms with E-state index in [9.17, 15) is 4.79 Å². The van der Waals surface area contributed by atoms with Gasteiger partial charge in [-0.2, -0.15) is 0 Å². The zero-order chi connectivity index (χ0) is 14.8. The second-order valence-corrected chi connectivity index (χ2v) is 5.17. The summed E-state index contributed by atoms with van der Waals surface area (Å²) in [6, 6.07) is 16.6. The van der Waals surface area contributed by atoms with Crippen LogP contribution in [0.3, 0.4) is 0 Å². The average molecular weight is 297 g/mol. The second kappa shape index (κ2) is 5.54. The van der Waals surface area contributed by atoms with Gasteiger partial charge in [-0.05, 0) is 31.2 Å². The Morgan fingerprint density at radius 2 is 1.86 bits per heavy atom. The van der Waals surface area contributed by atoms with Gasteiger partial charge >= 0.3 is 0 Å². The van der Waals surface area contributed by atoms with E-state index in [0.29, 0.717) is 16.3 Å².